The molecule has 3 aliphatic heterocycles. The van der Waals surface area contributed by atoms with Gasteiger partial charge in [0.15, 0.2) is 9.84 Å². The fourth-order valence-corrected chi connectivity index (χ4v) is 8.69. The van der Waals surface area contributed by atoms with E-state index >= 15 is 0 Å². The number of piperidine rings is 2. The summed E-state index contributed by atoms with van der Waals surface area (Å²) in [5, 5.41) is 7.12. The van der Waals surface area contributed by atoms with E-state index in [0.717, 1.165) is 71.0 Å². The number of ether oxygens (including phenoxy) is 1. The van der Waals surface area contributed by atoms with Crippen LogP contribution < -0.4 is 0 Å². The standard InChI is InChI=1S/C32H49N3O5S.C2HF3O2/c1-3-4-12-26-24-35(23-25-10-6-5-7-11-25)31(37)40-32(26)17-21-33(22-18-32)27-15-19-34(20-16-27)30(36)28-13-8-9-14-29(28)41(2,38)39;3-2(4,5)1(6)7/h8-9,13-14,25-27H,3-7,10-12,15-24H2,1-2H3;(H,6,7). The Bertz CT molecular complexity index is 1370. The molecule has 3 saturated heterocycles. The van der Waals surface area contributed by atoms with Crippen molar-refractivity contribution in [2.24, 2.45) is 11.8 Å². The van der Waals surface area contributed by atoms with Gasteiger partial charge in [-0.1, -0.05) is 51.2 Å². The lowest BCUT2D eigenvalue weighted by atomic mass is 9.75. The molecule has 1 aromatic rings. The highest BCUT2D eigenvalue weighted by Crippen LogP contribution is 2.42. The van der Waals surface area contributed by atoms with Crippen molar-refractivity contribution in [1.82, 2.24) is 14.7 Å². The molecule has 1 N–H and O–H groups in total. The number of amides is 2. The van der Waals surface area contributed by atoms with Crippen LogP contribution in [-0.4, -0.2) is 110 Å². The van der Waals surface area contributed by atoms with Crippen molar-refractivity contribution in [3.8, 4) is 0 Å². The Morgan fingerprint density at radius 3 is 2.17 bits per heavy atom. The number of rotatable bonds is 8. The first-order chi connectivity index (χ1) is 22.6. The van der Waals surface area contributed by atoms with Gasteiger partial charge in [0.2, 0.25) is 0 Å². The SMILES string of the molecule is CCCCC1CN(CC2CCCCC2)C(=O)OC12CCN(C1CCN(C(=O)c3ccccc3S(C)(=O)=O)CC1)CC2.O=C(O)C(F)(F)F. The van der Waals surface area contributed by atoms with Gasteiger partial charge in [-0.25, -0.2) is 18.0 Å². The first-order valence-corrected chi connectivity index (χ1v) is 19.1. The smallest absolute Gasteiger partial charge is 0.475 e. The molecule has 5 rings (SSSR count). The van der Waals surface area contributed by atoms with E-state index in [1.807, 2.05) is 4.90 Å². The zero-order valence-electron chi connectivity index (χ0n) is 28.0. The second-order valence-corrected chi connectivity index (χ2v) is 15.8. The van der Waals surface area contributed by atoms with Gasteiger partial charge >= 0.3 is 18.2 Å². The lowest BCUT2D eigenvalue weighted by molar-refractivity contribution is -0.192. The normalized spacial score (nSPS) is 22.9. The summed E-state index contributed by atoms with van der Waals surface area (Å²) < 4.78 is 62.6. The van der Waals surface area contributed by atoms with Gasteiger partial charge in [-0.15, -0.1) is 0 Å². The molecule has 270 valence electrons. The number of carbonyl (C=O) groups excluding carboxylic acids is 2. The minimum absolute atomic E-state index is 0.0991. The average molecular weight is 702 g/mol. The summed E-state index contributed by atoms with van der Waals surface area (Å²) in [7, 11) is -3.48. The van der Waals surface area contributed by atoms with Crippen LogP contribution in [0.25, 0.3) is 0 Å². The number of unbranched alkanes of at least 4 members (excludes halogenated alkanes) is 1. The molecule has 0 aromatic heterocycles. The highest BCUT2D eigenvalue weighted by molar-refractivity contribution is 7.90. The van der Waals surface area contributed by atoms with Crippen molar-refractivity contribution in [2.75, 3.05) is 45.5 Å². The Balaban J connectivity index is 0.000000671. The summed E-state index contributed by atoms with van der Waals surface area (Å²) in [6.45, 7) is 6.99. The number of nitrogens with zero attached hydrogens (tertiary/aromatic N) is 3. The van der Waals surface area contributed by atoms with Crippen LogP contribution >= 0.6 is 0 Å². The predicted molar refractivity (Wildman–Crippen MR) is 173 cm³/mol. The minimum Gasteiger partial charge on any atom is -0.475 e. The molecular weight excluding hydrogens is 651 g/mol. The van der Waals surface area contributed by atoms with Crippen LogP contribution in [0.4, 0.5) is 18.0 Å². The first-order valence-electron chi connectivity index (χ1n) is 17.2. The molecule has 3 heterocycles. The molecule has 1 aliphatic carbocycles. The lowest BCUT2D eigenvalue weighted by Gasteiger charge is -2.52. The summed E-state index contributed by atoms with van der Waals surface area (Å²) in [6.07, 6.45) is 9.26. The first kappa shape index (κ1) is 37.9. The van der Waals surface area contributed by atoms with E-state index in [2.05, 4.69) is 11.8 Å². The van der Waals surface area contributed by atoms with Gasteiger partial charge in [-0.2, -0.15) is 13.2 Å². The molecule has 0 bridgehead atoms. The Morgan fingerprint density at radius 1 is 1.00 bits per heavy atom. The Morgan fingerprint density at radius 2 is 1.60 bits per heavy atom. The summed E-state index contributed by atoms with van der Waals surface area (Å²) in [6, 6.07) is 6.90. The minimum atomic E-state index is -5.08. The van der Waals surface area contributed by atoms with Gasteiger partial charge in [0.05, 0.1) is 10.5 Å². The van der Waals surface area contributed by atoms with Crippen molar-refractivity contribution >= 4 is 27.8 Å². The Labute approximate surface area is 281 Å². The second kappa shape index (κ2) is 16.2. The van der Waals surface area contributed by atoms with Crippen molar-refractivity contribution in [1.29, 1.82) is 0 Å². The number of aliphatic carboxylic acids is 1. The summed E-state index contributed by atoms with van der Waals surface area (Å²) in [5.74, 6) is -1.95. The van der Waals surface area contributed by atoms with Gasteiger partial charge < -0.3 is 19.6 Å². The maximum absolute atomic E-state index is 13.3. The maximum Gasteiger partial charge on any atom is 0.490 e. The van der Waals surface area contributed by atoms with Crippen molar-refractivity contribution in [3.05, 3.63) is 29.8 Å². The number of carbonyl (C=O) groups is 3. The molecule has 0 radical (unpaired) electrons. The molecular formula is C34H50F3N3O7S. The summed E-state index contributed by atoms with van der Waals surface area (Å²) >= 11 is 0. The third kappa shape index (κ3) is 9.64. The van der Waals surface area contributed by atoms with Gasteiger partial charge in [-0.05, 0) is 50.2 Å². The third-order valence-electron chi connectivity index (χ3n) is 10.5. The third-order valence-corrected chi connectivity index (χ3v) is 11.7. The average Bonchev–Trinajstić information content (AvgIpc) is 3.05. The van der Waals surface area contributed by atoms with Crippen LogP contribution in [0.15, 0.2) is 29.2 Å². The number of sulfone groups is 1. The van der Waals surface area contributed by atoms with E-state index < -0.39 is 22.0 Å². The zero-order valence-corrected chi connectivity index (χ0v) is 28.9. The second-order valence-electron chi connectivity index (χ2n) is 13.8. The molecule has 48 heavy (non-hydrogen) atoms. The number of hydrogen-bond acceptors (Lipinski definition) is 7. The quantitative estimate of drug-likeness (QED) is 0.350. The van der Waals surface area contributed by atoms with Crippen LogP contribution in [0.2, 0.25) is 0 Å². The molecule has 1 aromatic carbocycles. The highest BCUT2D eigenvalue weighted by atomic mass is 32.2. The van der Waals surface area contributed by atoms with Crippen LogP contribution in [-0.2, 0) is 19.4 Å². The summed E-state index contributed by atoms with van der Waals surface area (Å²) in [5.41, 5.74) is -0.0826. The Kier molecular flexibility index (Phi) is 12.8. The monoisotopic (exact) mass is 701 g/mol. The van der Waals surface area contributed by atoms with Crippen LogP contribution in [0.5, 0.6) is 0 Å². The fraction of sp³-hybridized carbons (Fsp3) is 0.735. The lowest BCUT2D eigenvalue weighted by Crippen LogP contribution is -2.61. The highest BCUT2D eigenvalue weighted by Gasteiger charge is 2.50. The van der Waals surface area contributed by atoms with Gasteiger partial charge in [0.25, 0.3) is 5.91 Å². The predicted octanol–water partition coefficient (Wildman–Crippen LogP) is 6.00. The fourth-order valence-electron chi connectivity index (χ4n) is 7.81. The number of benzene rings is 1. The summed E-state index contributed by atoms with van der Waals surface area (Å²) in [4.78, 5) is 41.9. The number of likely N-dealkylation sites (tertiary alicyclic amines) is 2. The molecule has 14 heteroatoms. The van der Waals surface area contributed by atoms with E-state index in [1.54, 1.807) is 23.1 Å². The van der Waals surface area contributed by atoms with E-state index in [9.17, 15) is 31.2 Å². The maximum atomic E-state index is 13.3. The molecule has 1 unspecified atom stereocenters. The van der Waals surface area contributed by atoms with E-state index in [-0.39, 0.29) is 28.1 Å². The molecule has 1 saturated carbocycles. The van der Waals surface area contributed by atoms with Gasteiger partial charge in [0.1, 0.15) is 5.60 Å². The molecule has 4 aliphatic rings. The van der Waals surface area contributed by atoms with Crippen molar-refractivity contribution < 1.29 is 45.8 Å². The number of carboxylic acids is 1. The van der Waals surface area contributed by atoms with Crippen molar-refractivity contribution in [3.63, 3.8) is 0 Å². The molecule has 2 amide bonds. The largest absolute Gasteiger partial charge is 0.490 e. The van der Waals surface area contributed by atoms with E-state index in [1.165, 1.54) is 44.6 Å². The molecule has 10 nitrogen and oxygen atoms in total. The Hall–Kier alpha value is -2.87. The zero-order chi connectivity index (χ0) is 35.1. The molecule has 1 spiro atoms. The number of halogens is 3. The van der Waals surface area contributed by atoms with Crippen molar-refractivity contribution in [2.45, 2.75) is 107 Å². The van der Waals surface area contributed by atoms with Crippen LogP contribution in [0.1, 0.15) is 94.3 Å². The number of alkyl halides is 3. The van der Waals surface area contributed by atoms with Gasteiger partial charge in [-0.3, -0.25) is 9.69 Å². The van der Waals surface area contributed by atoms with Gasteiger partial charge in [0, 0.05) is 70.3 Å². The van der Waals surface area contributed by atoms with Crippen LogP contribution in [0.3, 0.4) is 0 Å². The molecule has 4 fully saturated rings. The van der Waals surface area contributed by atoms with Crippen LogP contribution in [0, 0.1) is 11.8 Å². The topological polar surface area (TPSA) is 125 Å². The number of carboxylic acid groups (broad SMARTS) is 1. The molecule has 1 atom stereocenters. The van der Waals surface area contributed by atoms with E-state index in [0.29, 0.717) is 31.0 Å². The number of hydrogen-bond donors (Lipinski definition) is 1. The van der Waals surface area contributed by atoms with E-state index in [4.69, 9.17) is 14.6 Å².